The number of halogens is 2. The van der Waals surface area contributed by atoms with Gasteiger partial charge in [-0.2, -0.15) is 0 Å². The third-order valence-corrected chi connectivity index (χ3v) is 12.7. The maximum absolute atomic E-state index is 17.8. The molecule has 4 fully saturated rings. The summed E-state index contributed by atoms with van der Waals surface area (Å²) in [6, 6.07) is 16.1. The number of benzene rings is 2. The van der Waals surface area contributed by atoms with Gasteiger partial charge < -0.3 is 25.0 Å². The summed E-state index contributed by atoms with van der Waals surface area (Å²) >= 11 is 0. The lowest BCUT2D eigenvalue weighted by molar-refractivity contribution is -0.235. The minimum absolute atomic E-state index is 0.0727. The van der Waals surface area contributed by atoms with E-state index in [-0.39, 0.29) is 31.0 Å². The van der Waals surface area contributed by atoms with Gasteiger partial charge in [0.05, 0.1) is 18.9 Å². The Bertz CT molecular complexity index is 1660. The lowest BCUT2D eigenvalue weighted by Gasteiger charge is -2.63. The van der Waals surface area contributed by atoms with Gasteiger partial charge in [0.1, 0.15) is 6.61 Å². The van der Waals surface area contributed by atoms with Crippen LogP contribution in [0.3, 0.4) is 0 Å². The molecule has 7 rings (SSSR count). The highest BCUT2D eigenvalue weighted by molar-refractivity contribution is 6.01. The zero-order valence-electron chi connectivity index (χ0n) is 27.2. The third-order valence-electron chi connectivity index (χ3n) is 12.7. The van der Waals surface area contributed by atoms with E-state index in [1.165, 1.54) is 18.2 Å². The molecule has 1 saturated heterocycles. The number of anilines is 1. The van der Waals surface area contributed by atoms with Crippen LogP contribution in [0.25, 0.3) is 0 Å². The number of hydrogen-bond donors (Lipinski definition) is 3. The van der Waals surface area contributed by atoms with Gasteiger partial charge in [-0.3, -0.25) is 14.0 Å². The maximum atomic E-state index is 17.8. The SMILES string of the molecule is CNc1cccc([C@@H](C)c2ccc([C@@H]3O[C@@H]4CC5[C@@H]6C[C@H](CF)C7=CC(=O)C=C[C@]7(C)[C@@]6(F)[C@@H](O)C[C@]5(C)[C@]4(C(=O)CO)O3)cc2)c1. The lowest BCUT2D eigenvalue weighted by Crippen LogP contribution is -2.70. The molecule has 0 amide bonds. The van der Waals surface area contributed by atoms with Crippen molar-refractivity contribution in [3.63, 3.8) is 0 Å². The van der Waals surface area contributed by atoms with Crippen molar-refractivity contribution in [2.24, 2.45) is 28.6 Å². The van der Waals surface area contributed by atoms with E-state index in [1.807, 2.05) is 50.4 Å². The van der Waals surface area contributed by atoms with Crippen molar-refractivity contribution in [3.05, 3.63) is 89.0 Å². The number of ketones is 2. The molecule has 3 N–H and O–H groups in total. The number of fused-ring (bicyclic) bond motifs is 7. The largest absolute Gasteiger partial charge is 0.390 e. The zero-order valence-corrected chi connectivity index (χ0v) is 27.2. The number of aliphatic hydroxyl groups is 2. The molecule has 11 atom stereocenters. The Kier molecular flexibility index (Phi) is 7.67. The number of allylic oxidation sites excluding steroid dienone is 4. The Morgan fingerprint density at radius 2 is 1.85 bits per heavy atom. The van der Waals surface area contributed by atoms with E-state index >= 15 is 4.39 Å². The standard InChI is InChI=1S/C38H43F2NO6/c1-21(24-6-5-7-26(14-24)41-4)22-8-10-23(11-9-22)34-46-33-17-29-30-15-25(19-39)28-16-27(43)12-13-35(28,2)37(30,40)31(44)18-36(29,3)38(33,47-34)32(45)20-42/h5-14,16,21,25,29-31,33-34,41-42,44H,15,17-20H2,1-4H3/t21-,25+,29?,30-,31-,33+,34+,35-,36-,37-,38+/m0/s1. The van der Waals surface area contributed by atoms with Gasteiger partial charge in [0.15, 0.2) is 29.1 Å². The lowest BCUT2D eigenvalue weighted by atomic mass is 9.43. The van der Waals surface area contributed by atoms with Crippen LogP contribution in [0.5, 0.6) is 0 Å². The van der Waals surface area contributed by atoms with E-state index in [0.29, 0.717) is 11.1 Å². The summed E-state index contributed by atoms with van der Waals surface area (Å²) in [6.07, 6.45) is 1.03. The Morgan fingerprint density at radius 3 is 2.53 bits per heavy atom. The van der Waals surface area contributed by atoms with Crippen molar-refractivity contribution in [3.8, 4) is 0 Å². The number of nitrogens with one attached hydrogen (secondary N) is 1. The van der Waals surface area contributed by atoms with Gasteiger partial charge in [-0.15, -0.1) is 0 Å². The third kappa shape index (κ3) is 4.28. The van der Waals surface area contributed by atoms with E-state index < -0.39 is 77.4 Å². The molecule has 1 heterocycles. The number of hydrogen-bond acceptors (Lipinski definition) is 7. The molecule has 47 heavy (non-hydrogen) atoms. The average molecular weight is 648 g/mol. The molecule has 0 aromatic heterocycles. The number of rotatable bonds is 7. The first kappa shape index (κ1) is 32.3. The minimum Gasteiger partial charge on any atom is -0.390 e. The van der Waals surface area contributed by atoms with Gasteiger partial charge in [0.2, 0.25) is 0 Å². The number of ether oxygens (including phenoxy) is 2. The summed E-state index contributed by atoms with van der Waals surface area (Å²) in [5.74, 6) is -2.86. The number of alkyl halides is 2. The van der Waals surface area contributed by atoms with Gasteiger partial charge in [-0.1, -0.05) is 56.3 Å². The highest BCUT2D eigenvalue weighted by Crippen LogP contribution is 2.73. The van der Waals surface area contributed by atoms with Crippen molar-refractivity contribution in [2.75, 3.05) is 25.6 Å². The molecule has 0 radical (unpaired) electrons. The summed E-state index contributed by atoms with van der Waals surface area (Å²) in [5.41, 5.74) is -2.03. The molecule has 2 aromatic rings. The first-order valence-corrected chi connectivity index (χ1v) is 16.6. The second-order valence-electron chi connectivity index (χ2n) is 14.6. The van der Waals surface area contributed by atoms with E-state index in [1.54, 1.807) is 6.92 Å². The zero-order chi connectivity index (χ0) is 33.5. The fraction of sp³-hybridized carbons (Fsp3) is 0.526. The van der Waals surface area contributed by atoms with Crippen molar-refractivity contribution < 1.29 is 38.1 Å². The van der Waals surface area contributed by atoms with Crippen LogP contribution < -0.4 is 5.32 Å². The van der Waals surface area contributed by atoms with Gasteiger partial charge >= 0.3 is 0 Å². The fourth-order valence-corrected chi connectivity index (χ4v) is 10.2. The Labute approximate surface area is 274 Å². The molecule has 1 unspecified atom stereocenters. The van der Waals surface area contributed by atoms with Gasteiger partial charge in [0, 0.05) is 46.9 Å². The van der Waals surface area contributed by atoms with Crippen LogP contribution in [0.15, 0.2) is 72.3 Å². The van der Waals surface area contributed by atoms with Crippen LogP contribution in [0.2, 0.25) is 0 Å². The predicted molar refractivity (Wildman–Crippen MR) is 172 cm³/mol. The smallest absolute Gasteiger partial charge is 0.193 e. The van der Waals surface area contributed by atoms with Crippen molar-refractivity contribution in [1.82, 2.24) is 0 Å². The van der Waals surface area contributed by atoms with Crippen LogP contribution in [-0.2, 0) is 19.1 Å². The second kappa shape index (κ2) is 11.2. The van der Waals surface area contributed by atoms with Crippen LogP contribution >= 0.6 is 0 Å². The molecule has 1 aliphatic heterocycles. The highest BCUT2D eigenvalue weighted by atomic mass is 19.1. The molecule has 5 aliphatic rings. The molecule has 4 aliphatic carbocycles. The highest BCUT2D eigenvalue weighted by Gasteiger charge is 2.79. The monoisotopic (exact) mass is 647 g/mol. The number of carbonyl (C=O) groups is 2. The molecule has 3 saturated carbocycles. The Balaban J connectivity index is 1.21. The molecule has 250 valence electrons. The minimum atomic E-state index is -2.22. The molecule has 9 heteroatoms. The van der Waals surface area contributed by atoms with E-state index in [9.17, 15) is 24.2 Å². The van der Waals surface area contributed by atoms with Crippen LogP contribution in [0, 0.1) is 28.6 Å². The van der Waals surface area contributed by atoms with Gasteiger partial charge in [-0.25, -0.2) is 4.39 Å². The summed E-state index contributed by atoms with van der Waals surface area (Å²) in [6.45, 7) is 4.01. The van der Waals surface area contributed by atoms with Crippen molar-refractivity contribution in [1.29, 1.82) is 0 Å². The summed E-state index contributed by atoms with van der Waals surface area (Å²) in [4.78, 5) is 26.2. The molecule has 0 bridgehead atoms. The number of Topliss-reactive ketones (excluding diaryl/α,β-unsaturated/α-hetero) is 1. The van der Waals surface area contributed by atoms with Crippen LogP contribution in [0.1, 0.15) is 68.9 Å². The Morgan fingerprint density at radius 1 is 1.11 bits per heavy atom. The van der Waals surface area contributed by atoms with E-state index in [4.69, 9.17) is 9.47 Å². The number of aliphatic hydroxyl groups excluding tert-OH is 2. The van der Waals surface area contributed by atoms with Crippen LogP contribution in [-0.4, -0.2) is 65.6 Å². The summed E-state index contributed by atoms with van der Waals surface area (Å²) < 4.78 is 45.5. The first-order chi connectivity index (χ1) is 22.4. The molecular formula is C38H43F2NO6. The van der Waals surface area contributed by atoms with E-state index in [0.717, 1.165) is 16.8 Å². The van der Waals surface area contributed by atoms with E-state index in [2.05, 4.69) is 24.4 Å². The topological polar surface area (TPSA) is 105 Å². The van der Waals surface area contributed by atoms with Crippen LogP contribution in [0.4, 0.5) is 14.5 Å². The molecule has 2 aromatic carbocycles. The fourth-order valence-electron chi connectivity index (χ4n) is 10.2. The normalized spacial score (nSPS) is 40.9. The average Bonchev–Trinajstić information content (AvgIpc) is 3.58. The Hall–Kier alpha value is -3.24. The van der Waals surface area contributed by atoms with Crippen molar-refractivity contribution >= 4 is 17.3 Å². The predicted octanol–water partition coefficient (Wildman–Crippen LogP) is 5.77. The quantitative estimate of drug-likeness (QED) is 0.351. The first-order valence-electron chi connectivity index (χ1n) is 16.6. The second-order valence-corrected chi connectivity index (χ2v) is 14.6. The molecule has 0 spiro atoms. The molecular weight excluding hydrogens is 604 g/mol. The maximum Gasteiger partial charge on any atom is 0.193 e. The van der Waals surface area contributed by atoms with Gasteiger partial charge in [-0.05, 0) is 73.1 Å². The number of carbonyl (C=O) groups excluding carboxylic acids is 2. The summed E-state index contributed by atoms with van der Waals surface area (Å²) in [5, 5.41) is 25.2. The van der Waals surface area contributed by atoms with Crippen molar-refractivity contribution in [2.45, 2.75) is 75.7 Å². The molecule has 7 nitrogen and oxygen atoms in total. The summed E-state index contributed by atoms with van der Waals surface area (Å²) in [7, 11) is 1.88. The van der Waals surface area contributed by atoms with Gasteiger partial charge in [0.25, 0.3) is 0 Å².